The average molecular weight is 403 g/mol. The van der Waals surface area contributed by atoms with Crippen molar-refractivity contribution in [3.8, 4) is 0 Å². The van der Waals surface area contributed by atoms with Crippen LogP contribution in [-0.4, -0.2) is 52.1 Å². The number of fused-ring (bicyclic) bond motifs is 1. The van der Waals surface area contributed by atoms with Gasteiger partial charge in [-0.15, -0.1) is 0 Å². The van der Waals surface area contributed by atoms with Crippen molar-refractivity contribution in [2.75, 3.05) is 31.1 Å². The highest BCUT2D eigenvalue weighted by Crippen LogP contribution is 2.47. The topological polar surface area (TPSA) is 52.6 Å². The Bertz CT molecular complexity index is 925. The Morgan fingerprint density at radius 1 is 0.931 bits per heavy atom. The van der Waals surface area contributed by atoms with Crippen molar-refractivity contribution >= 4 is 11.9 Å². The third kappa shape index (κ3) is 3.04. The van der Waals surface area contributed by atoms with Crippen molar-refractivity contribution in [3.05, 3.63) is 53.6 Å². The predicted octanol–water partition coefficient (Wildman–Crippen LogP) is 2.68. The van der Waals surface area contributed by atoms with E-state index in [0.29, 0.717) is 57.0 Å². The van der Waals surface area contributed by atoms with E-state index in [1.807, 2.05) is 9.91 Å². The second-order valence-corrected chi connectivity index (χ2v) is 8.01. The summed E-state index contributed by atoms with van der Waals surface area (Å²) in [6, 6.07) is 3.12. The van der Waals surface area contributed by atoms with Gasteiger partial charge in [0.1, 0.15) is 11.6 Å². The molecule has 1 amide bonds. The molecule has 4 heterocycles. The summed E-state index contributed by atoms with van der Waals surface area (Å²) in [6.07, 6.45) is 4.18. The van der Waals surface area contributed by atoms with Crippen molar-refractivity contribution in [3.63, 3.8) is 0 Å². The number of halogens is 3. The van der Waals surface area contributed by atoms with Gasteiger partial charge in [-0.05, 0) is 37.0 Å². The lowest BCUT2D eigenvalue weighted by atomic mass is 9.78. The van der Waals surface area contributed by atoms with Crippen molar-refractivity contribution in [2.24, 2.45) is 5.41 Å². The molecule has 0 saturated carbocycles. The summed E-state index contributed by atoms with van der Waals surface area (Å²) in [5.41, 5.74) is -0.0197. The molecule has 6 nitrogen and oxygen atoms in total. The summed E-state index contributed by atoms with van der Waals surface area (Å²) in [6.45, 7) is 2.48. The predicted molar refractivity (Wildman–Crippen MR) is 98.0 cm³/mol. The summed E-state index contributed by atoms with van der Waals surface area (Å²) in [4.78, 5) is 23.4. The number of carbonyl (C=O) groups excluding carboxylic acids is 1. The van der Waals surface area contributed by atoms with Crippen LogP contribution in [0.5, 0.6) is 0 Å². The molecule has 0 aliphatic carbocycles. The van der Waals surface area contributed by atoms with Gasteiger partial charge in [0.25, 0.3) is 0 Å². The molecule has 9 heteroatoms. The Morgan fingerprint density at radius 3 is 2.24 bits per heavy atom. The number of anilines is 1. The van der Waals surface area contributed by atoms with Gasteiger partial charge in [0, 0.05) is 32.2 Å². The highest BCUT2D eigenvalue weighted by molar-refractivity contribution is 5.85. The Labute approximate surface area is 165 Å². The maximum Gasteiger partial charge on any atom is 0.245 e. The van der Waals surface area contributed by atoms with Gasteiger partial charge in [0.15, 0.2) is 5.82 Å². The quantitative estimate of drug-likeness (QED) is 0.772. The molecule has 3 saturated heterocycles. The number of rotatable bonds is 2. The van der Waals surface area contributed by atoms with Crippen LogP contribution >= 0.6 is 0 Å². The van der Waals surface area contributed by atoms with Crippen LogP contribution < -0.4 is 4.90 Å². The summed E-state index contributed by atoms with van der Waals surface area (Å²) >= 11 is 0. The Kier molecular flexibility index (Phi) is 4.23. The minimum absolute atomic E-state index is 0.0179. The van der Waals surface area contributed by atoms with E-state index in [4.69, 9.17) is 0 Å². The number of benzene rings is 1. The Hall–Kier alpha value is -2.68. The first kappa shape index (κ1) is 18.4. The number of hydrogen-bond donors (Lipinski definition) is 0. The standard InChI is InChI=1S/C20H20F3N5O/c21-14-7-13(8-15(22)9-14)17-1-4-27-12-20(18(29)28(17)27)2-5-26(6-3-20)19-24-10-16(23)11-25-19/h7-11,17H,1-6,12H2/t17-/m0/s1. The molecule has 0 radical (unpaired) electrons. The number of hydrogen-bond acceptors (Lipinski definition) is 5. The van der Waals surface area contributed by atoms with Gasteiger partial charge in [0.05, 0.1) is 23.9 Å². The largest absolute Gasteiger partial charge is 0.341 e. The number of nitrogens with zero attached hydrogens (tertiary/aromatic N) is 5. The van der Waals surface area contributed by atoms with Crippen LogP contribution in [0.15, 0.2) is 30.6 Å². The molecule has 3 aliphatic heterocycles. The van der Waals surface area contributed by atoms with E-state index < -0.39 is 22.9 Å². The first-order valence-electron chi connectivity index (χ1n) is 9.72. The van der Waals surface area contributed by atoms with E-state index in [-0.39, 0.29) is 11.9 Å². The molecule has 1 spiro atoms. The average Bonchev–Trinajstić information content (AvgIpc) is 3.21. The minimum Gasteiger partial charge on any atom is -0.341 e. The van der Waals surface area contributed by atoms with Crippen LogP contribution in [0.1, 0.15) is 30.9 Å². The number of aromatic nitrogens is 2. The summed E-state index contributed by atoms with van der Waals surface area (Å²) in [7, 11) is 0. The van der Waals surface area contributed by atoms with Gasteiger partial charge in [-0.1, -0.05) is 0 Å². The van der Waals surface area contributed by atoms with E-state index in [2.05, 4.69) is 9.97 Å². The fourth-order valence-corrected chi connectivity index (χ4v) is 4.83. The third-order valence-corrected chi connectivity index (χ3v) is 6.29. The Balaban J connectivity index is 1.34. The first-order chi connectivity index (χ1) is 13.9. The van der Waals surface area contributed by atoms with Crippen LogP contribution in [-0.2, 0) is 4.79 Å². The first-order valence-corrected chi connectivity index (χ1v) is 9.72. The van der Waals surface area contributed by atoms with E-state index in [9.17, 15) is 18.0 Å². The van der Waals surface area contributed by atoms with Crippen molar-refractivity contribution in [1.29, 1.82) is 0 Å². The zero-order valence-electron chi connectivity index (χ0n) is 15.7. The molecular weight excluding hydrogens is 383 g/mol. The highest BCUT2D eigenvalue weighted by atomic mass is 19.1. The molecule has 1 atom stereocenters. The van der Waals surface area contributed by atoms with Crippen LogP contribution in [0.3, 0.4) is 0 Å². The van der Waals surface area contributed by atoms with Crippen molar-refractivity contribution in [2.45, 2.75) is 25.3 Å². The van der Waals surface area contributed by atoms with Crippen LogP contribution in [0.2, 0.25) is 0 Å². The molecular formula is C20H20F3N5O. The van der Waals surface area contributed by atoms with Crippen molar-refractivity contribution in [1.82, 2.24) is 20.0 Å². The number of amides is 1. The van der Waals surface area contributed by atoms with E-state index in [1.54, 1.807) is 5.01 Å². The zero-order chi connectivity index (χ0) is 20.2. The molecule has 3 fully saturated rings. The summed E-state index contributed by atoms with van der Waals surface area (Å²) in [5.74, 6) is -1.27. The molecule has 0 unspecified atom stereocenters. The van der Waals surface area contributed by atoms with Gasteiger partial charge in [-0.3, -0.25) is 9.80 Å². The van der Waals surface area contributed by atoms with Crippen LogP contribution in [0.25, 0.3) is 0 Å². The molecule has 2 aromatic rings. The van der Waals surface area contributed by atoms with Crippen molar-refractivity contribution < 1.29 is 18.0 Å². The van der Waals surface area contributed by atoms with Gasteiger partial charge in [-0.25, -0.2) is 28.1 Å². The number of hydrazine groups is 1. The third-order valence-electron chi connectivity index (χ3n) is 6.29. The molecule has 152 valence electrons. The fraction of sp³-hybridized carbons (Fsp3) is 0.450. The monoisotopic (exact) mass is 403 g/mol. The second kappa shape index (κ2) is 6.69. The van der Waals surface area contributed by atoms with E-state index in [0.717, 1.165) is 18.5 Å². The maximum absolute atomic E-state index is 13.7. The fourth-order valence-electron chi connectivity index (χ4n) is 4.83. The molecule has 3 aliphatic rings. The smallest absolute Gasteiger partial charge is 0.245 e. The van der Waals surface area contributed by atoms with Crippen LogP contribution in [0, 0.1) is 22.9 Å². The number of piperidine rings is 1. The molecule has 29 heavy (non-hydrogen) atoms. The summed E-state index contributed by atoms with van der Waals surface area (Å²) < 4.78 is 40.5. The minimum atomic E-state index is -0.632. The molecule has 0 N–H and O–H groups in total. The molecule has 1 aromatic heterocycles. The molecule has 1 aromatic carbocycles. The molecule has 5 rings (SSSR count). The molecule has 0 bridgehead atoms. The van der Waals surface area contributed by atoms with E-state index in [1.165, 1.54) is 12.1 Å². The summed E-state index contributed by atoms with van der Waals surface area (Å²) in [5, 5.41) is 3.72. The Morgan fingerprint density at radius 2 is 1.59 bits per heavy atom. The van der Waals surface area contributed by atoms with Gasteiger partial charge >= 0.3 is 0 Å². The van der Waals surface area contributed by atoms with Gasteiger partial charge in [0.2, 0.25) is 11.9 Å². The SMILES string of the molecule is O=C1N2[C@H](c3cc(F)cc(F)c3)CCN2CC12CCN(c1ncc(F)cn1)CC2. The maximum atomic E-state index is 13.7. The zero-order valence-corrected chi connectivity index (χ0v) is 15.7. The lowest BCUT2D eigenvalue weighted by Crippen LogP contribution is -2.46. The van der Waals surface area contributed by atoms with Crippen LogP contribution in [0.4, 0.5) is 19.1 Å². The normalized spacial score (nSPS) is 23.8. The van der Waals surface area contributed by atoms with Gasteiger partial charge < -0.3 is 4.90 Å². The lowest BCUT2D eigenvalue weighted by molar-refractivity contribution is -0.143. The lowest BCUT2D eigenvalue weighted by Gasteiger charge is -2.37. The second-order valence-electron chi connectivity index (χ2n) is 8.01. The van der Waals surface area contributed by atoms with Gasteiger partial charge in [-0.2, -0.15) is 0 Å². The highest BCUT2D eigenvalue weighted by Gasteiger charge is 2.56. The van der Waals surface area contributed by atoms with E-state index >= 15 is 0 Å². The number of carbonyl (C=O) groups is 1.